The zero-order chi connectivity index (χ0) is 15.8. The van der Waals surface area contributed by atoms with Crippen molar-refractivity contribution >= 4 is 28.0 Å². The number of nitrogens with zero attached hydrogens (tertiary/aromatic N) is 2. The monoisotopic (exact) mass is 322 g/mol. The van der Waals surface area contributed by atoms with Crippen LogP contribution in [0.15, 0.2) is 70.3 Å². The van der Waals surface area contributed by atoms with Crippen molar-refractivity contribution in [1.82, 2.24) is 8.52 Å². The molecule has 5 heteroatoms. The summed E-state index contributed by atoms with van der Waals surface area (Å²) in [5.41, 5.74) is 1.22. The lowest BCUT2D eigenvalue weighted by Gasteiger charge is -2.08. The Balaban J connectivity index is 1.97. The second-order valence-electron chi connectivity index (χ2n) is 5.39. The van der Waals surface area contributed by atoms with Gasteiger partial charge in [-0.2, -0.15) is 0 Å². The first-order valence-corrected chi connectivity index (χ1v) is 8.22. The summed E-state index contributed by atoms with van der Waals surface area (Å²) < 4.78 is 2.78. The van der Waals surface area contributed by atoms with Gasteiger partial charge in [-0.3, -0.25) is 4.79 Å². The van der Waals surface area contributed by atoms with Crippen molar-refractivity contribution in [3.05, 3.63) is 80.8 Å². The summed E-state index contributed by atoms with van der Waals surface area (Å²) in [6.07, 6.45) is 7.32. The highest BCUT2D eigenvalue weighted by atomic mass is 32.1. The molecule has 0 bridgehead atoms. The van der Waals surface area contributed by atoms with E-state index < -0.39 is 0 Å². The number of hydrogen-bond acceptors (Lipinski definition) is 3. The van der Waals surface area contributed by atoms with Gasteiger partial charge in [0.25, 0.3) is 0 Å². The Kier molecular flexibility index (Phi) is 3.35. The minimum absolute atomic E-state index is 0.246. The van der Waals surface area contributed by atoms with E-state index in [0.29, 0.717) is 6.42 Å². The summed E-state index contributed by atoms with van der Waals surface area (Å²) in [6, 6.07) is 13.6. The first kappa shape index (κ1) is 14.0. The number of aromatic nitrogens is 2. The number of allylic oxidation sites excluding steroid dienone is 4. The Labute approximate surface area is 136 Å². The third-order valence-electron chi connectivity index (χ3n) is 3.98. The summed E-state index contributed by atoms with van der Waals surface area (Å²) >= 11 is 0.949. The third-order valence-corrected chi connectivity index (χ3v) is 4.86. The molecule has 4 nitrogen and oxygen atoms in total. The van der Waals surface area contributed by atoms with Gasteiger partial charge in [0.15, 0.2) is 0 Å². The Morgan fingerprint density at radius 1 is 1.00 bits per heavy atom. The molecule has 0 saturated heterocycles. The van der Waals surface area contributed by atoms with Crippen LogP contribution in [0.25, 0.3) is 22.2 Å². The molecular weight excluding hydrogens is 308 g/mol. The van der Waals surface area contributed by atoms with Gasteiger partial charge in [-0.1, -0.05) is 48.6 Å². The molecule has 1 aliphatic carbocycles. The van der Waals surface area contributed by atoms with Crippen molar-refractivity contribution in [2.24, 2.45) is 0 Å². The first-order valence-electron chi connectivity index (χ1n) is 7.45. The number of hydrogen-bond donors (Lipinski definition) is 0. The van der Waals surface area contributed by atoms with Crippen molar-refractivity contribution in [1.29, 1.82) is 0 Å². The largest absolute Gasteiger partial charge is 0.350 e. The van der Waals surface area contributed by atoms with E-state index in [1.165, 1.54) is 8.52 Å². The molecule has 1 aromatic heterocycles. The third kappa shape index (κ3) is 2.29. The van der Waals surface area contributed by atoms with Crippen LogP contribution in [0.4, 0.5) is 0 Å². The van der Waals surface area contributed by atoms with Gasteiger partial charge >= 0.3 is 10.6 Å². The molecule has 0 saturated carbocycles. The van der Waals surface area contributed by atoms with Gasteiger partial charge in [0.2, 0.25) is 0 Å². The SMILES string of the molecule is O=c1sn(-c2cccc3ccccc23)c(=O)n1C1=CC=CCC1. The molecule has 4 rings (SSSR count). The van der Waals surface area contributed by atoms with E-state index in [0.717, 1.165) is 40.1 Å². The molecule has 114 valence electrons. The van der Waals surface area contributed by atoms with Gasteiger partial charge in [-0.05, 0) is 30.4 Å². The van der Waals surface area contributed by atoms with Crippen molar-refractivity contribution < 1.29 is 0 Å². The van der Waals surface area contributed by atoms with Crippen LogP contribution in [0.1, 0.15) is 12.8 Å². The van der Waals surface area contributed by atoms with Crippen LogP contribution in [-0.4, -0.2) is 8.52 Å². The summed E-state index contributed by atoms with van der Waals surface area (Å²) in [5.74, 6) is 0. The van der Waals surface area contributed by atoms with Crippen LogP contribution >= 0.6 is 11.5 Å². The fraction of sp³-hybridized carbons (Fsp3) is 0.111. The molecule has 0 radical (unpaired) electrons. The molecule has 0 amide bonds. The number of rotatable bonds is 2. The van der Waals surface area contributed by atoms with Crippen molar-refractivity contribution in [3.63, 3.8) is 0 Å². The second kappa shape index (κ2) is 5.52. The molecule has 0 atom stereocenters. The van der Waals surface area contributed by atoms with Crippen LogP contribution in [0.5, 0.6) is 0 Å². The normalized spacial score (nSPS) is 14.2. The maximum atomic E-state index is 12.8. The van der Waals surface area contributed by atoms with E-state index in [1.54, 1.807) is 0 Å². The van der Waals surface area contributed by atoms with Crippen LogP contribution in [-0.2, 0) is 0 Å². The standard InChI is InChI=1S/C18H14N2O2S/c21-17-19(14-9-2-1-3-10-14)18(22)23-20(17)16-12-6-8-13-7-4-5-11-15(13)16/h1-2,4-9,11-12H,3,10H2. The highest BCUT2D eigenvalue weighted by molar-refractivity contribution is 7.04. The van der Waals surface area contributed by atoms with E-state index in [-0.39, 0.29) is 10.6 Å². The number of benzene rings is 2. The summed E-state index contributed by atoms with van der Waals surface area (Å²) in [4.78, 5) is 24.9. The minimum Gasteiger partial charge on any atom is -0.255 e. The maximum Gasteiger partial charge on any atom is 0.350 e. The van der Waals surface area contributed by atoms with E-state index in [1.807, 2.05) is 60.7 Å². The van der Waals surface area contributed by atoms with Gasteiger partial charge in [0, 0.05) is 22.6 Å². The second-order valence-corrected chi connectivity index (χ2v) is 6.29. The zero-order valence-electron chi connectivity index (χ0n) is 12.3. The Morgan fingerprint density at radius 3 is 2.65 bits per heavy atom. The van der Waals surface area contributed by atoms with Gasteiger partial charge < -0.3 is 0 Å². The summed E-state index contributed by atoms with van der Waals surface area (Å²) in [7, 11) is 0. The lowest BCUT2D eigenvalue weighted by Crippen LogP contribution is -2.28. The van der Waals surface area contributed by atoms with Gasteiger partial charge in [-0.15, -0.1) is 0 Å². The Morgan fingerprint density at radius 2 is 1.83 bits per heavy atom. The molecule has 2 aromatic carbocycles. The van der Waals surface area contributed by atoms with E-state index >= 15 is 0 Å². The topological polar surface area (TPSA) is 44.0 Å². The van der Waals surface area contributed by atoms with Crippen LogP contribution in [0, 0.1) is 0 Å². The predicted molar refractivity (Wildman–Crippen MR) is 94.3 cm³/mol. The highest BCUT2D eigenvalue weighted by Crippen LogP contribution is 2.22. The van der Waals surface area contributed by atoms with Crippen molar-refractivity contribution in [3.8, 4) is 5.69 Å². The molecule has 1 heterocycles. The zero-order valence-corrected chi connectivity index (χ0v) is 13.1. The van der Waals surface area contributed by atoms with Gasteiger partial charge in [0.1, 0.15) is 0 Å². The summed E-state index contributed by atoms with van der Waals surface area (Å²) in [6.45, 7) is 0. The van der Waals surface area contributed by atoms with E-state index in [9.17, 15) is 9.59 Å². The lowest BCUT2D eigenvalue weighted by molar-refractivity contribution is 0.864. The molecule has 23 heavy (non-hydrogen) atoms. The van der Waals surface area contributed by atoms with Crippen LogP contribution in [0.3, 0.4) is 0 Å². The molecule has 1 aliphatic rings. The molecule has 0 unspecified atom stereocenters. The van der Waals surface area contributed by atoms with Gasteiger partial charge in [0.05, 0.1) is 5.69 Å². The molecular formula is C18H14N2O2S. The first-order chi connectivity index (χ1) is 11.3. The molecule has 0 spiro atoms. The highest BCUT2D eigenvalue weighted by Gasteiger charge is 2.16. The average molecular weight is 322 g/mol. The van der Waals surface area contributed by atoms with E-state index in [2.05, 4.69) is 0 Å². The molecule has 3 aromatic rings. The molecule has 0 aliphatic heterocycles. The van der Waals surface area contributed by atoms with Gasteiger partial charge in [-0.25, -0.2) is 13.3 Å². The quantitative estimate of drug-likeness (QED) is 0.726. The van der Waals surface area contributed by atoms with Crippen LogP contribution < -0.4 is 10.6 Å². The molecule has 0 fully saturated rings. The average Bonchev–Trinajstić information content (AvgIpc) is 2.89. The fourth-order valence-electron chi connectivity index (χ4n) is 2.88. The Bertz CT molecular complexity index is 1060. The predicted octanol–water partition coefficient (Wildman–Crippen LogP) is 3.40. The summed E-state index contributed by atoms with van der Waals surface area (Å²) in [5, 5.41) is 2.01. The van der Waals surface area contributed by atoms with Crippen molar-refractivity contribution in [2.45, 2.75) is 12.8 Å². The smallest absolute Gasteiger partial charge is 0.255 e. The molecule has 0 N–H and O–H groups in total. The van der Waals surface area contributed by atoms with Crippen LogP contribution in [0.2, 0.25) is 0 Å². The van der Waals surface area contributed by atoms with E-state index in [4.69, 9.17) is 0 Å². The minimum atomic E-state index is -0.294. The van der Waals surface area contributed by atoms with Crippen molar-refractivity contribution in [2.75, 3.05) is 0 Å². The maximum absolute atomic E-state index is 12.8. The lowest BCUT2D eigenvalue weighted by atomic mass is 10.1. The fourth-order valence-corrected chi connectivity index (χ4v) is 3.73. The Hall–Kier alpha value is -2.66. The number of fused-ring (bicyclic) bond motifs is 1.